The number of H-pyrrole nitrogens is 1. The lowest BCUT2D eigenvalue weighted by atomic mass is 9.87. The van der Waals surface area contributed by atoms with Crippen molar-refractivity contribution in [3.05, 3.63) is 33.2 Å². The molecule has 1 aliphatic carbocycles. The van der Waals surface area contributed by atoms with Crippen LogP contribution in [0.25, 0.3) is 0 Å². The molecule has 1 aromatic rings. The van der Waals surface area contributed by atoms with Crippen LogP contribution in [-0.2, 0) is 12.8 Å². The van der Waals surface area contributed by atoms with Gasteiger partial charge in [0.2, 0.25) is 0 Å². The normalized spacial score (nSPS) is 17.6. The molecule has 0 radical (unpaired) electrons. The van der Waals surface area contributed by atoms with E-state index in [1.807, 2.05) is 0 Å². The van der Waals surface area contributed by atoms with Crippen molar-refractivity contribution in [2.24, 2.45) is 5.92 Å². The first-order valence-electron chi connectivity index (χ1n) is 7.65. The number of aryl methyl sites for hydroxylation is 1. The van der Waals surface area contributed by atoms with Gasteiger partial charge in [0.25, 0.3) is 11.5 Å². The first-order valence-corrected chi connectivity index (χ1v) is 7.65. The molecule has 4 nitrogen and oxygen atoms in total. The third-order valence-electron chi connectivity index (χ3n) is 3.98. The number of aromatic nitrogens is 1. The summed E-state index contributed by atoms with van der Waals surface area (Å²) in [6, 6.07) is 1.79. The molecule has 0 saturated heterocycles. The van der Waals surface area contributed by atoms with Gasteiger partial charge in [-0.25, -0.2) is 0 Å². The fraction of sp³-hybridized carbons (Fsp3) is 0.625. The first kappa shape index (κ1) is 14.8. The number of hydrogen-bond acceptors (Lipinski definition) is 2. The number of hydrogen-bond donors (Lipinski definition) is 2. The predicted molar refractivity (Wildman–Crippen MR) is 80.1 cm³/mol. The molecule has 0 aliphatic heterocycles. The summed E-state index contributed by atoms with van der Waals surface area (Å²) in [6.45, 7) is 4.97. The van der Waals surface area contributed by atoms with Crippen LogP contribution in [-0.4, -0.2) is 17.4 Å². The van der Waals surface area contributed by atoms with Crippen LogP contribution in [0.3, 0.4) is 0 Å². The van der Waals surface area contributed by atoms with Crippen LogP contribution in [0, 0.1) is 5.92 Å². The lowest BCUT2D eigenvalue weighted by Gasteiger charge is -2.21. The maximum Gasteiger partial charge on any atom is 0.261 e. The molecule has 20 heavy (non-hydrogen) atoms. The van der Waals surface area contributed by atoms with Crippen molar-refractivity contribution >= 4 is 5.91 Å². The van der Waals surface area contributed by atoms with Crippen LogP contribution in [0.15, 0.2) is 10.9 Å². The molecule has 0 fully saturated rings. The molecule has 2 rings (SSSR count). The van der Waals surface area contributed by atoms with Crippen LogP contribution < -0.4 is 10.9 Å². The van der Waals surface area contributed by atoms with Gasteiger partial charge in [0.05, 0.1) is 0 Å². The summed E-state index contributed by atoms with van der Waals surface area (Å²) in [6.07, 6.45) is 6.13. The van der Waals surface area contributed by atoms with E-state index in [0.29, 0.717) is 12.5 Å². The van der Waals surface area contributed by atoms with Crippen LogP contribution in [0.1, 0.15) is 61.1 Å². The summed E-state index contributed by atoms with van der Waals surface area (Å²) in [5, 5.41) is 2.83. The molecule has 110 valence electrons. The van der Waals surface area contributed by atoms with E-state index >= 15 is 0 Å². The van der Waals surface area contributed by atoms with Crippen LogP contribution in [0.2, 0.25) is 0 Å². The van der Waals surface area contributed by atoms with E-state index in [2.05, 4.69) is 24.1 Å². The van der Waals surface area contributed by atoms with Crippen molar-refractivity contribution in [1.82, 2.24) is 10.3 Å². The molecule has 1 aromatic heterocycles. The van der Waals surface area contributed by atoms with E-state index in [4.69, 9.17) is 0 Å². The second kappa shape index (κ2) is 6.73. The topological polar surface area (TPSA) is 62.0 Å². The van der Waals surface area contributed by atoms with Crippen molar-refractivity contribution in [3.8, 4) is 0 Å². The van der Waals surface area contributed by atoms with Gasteiger partial charge in [0, 0.05) is 12.2 Å². The number of fused-ring (bicyclic) bond motifs is 1. The Balaban J connectivity index is 2.09. The fourth-order valence-corrected chi connectivity index (χ4v) is 2.73. The molecule has 1 aliphatic rings. The molecule has 1 unspecified atom stereocenters. The highest BCUT2D eigenvalue weighted by atomic mass is 16.2. The van der Waals surface area contributed by atoms with Gasteiger partial charge >= 0.3 is 0 Å². The molecule has 1 atom stereocenters. The molecule has 1 heterocycles. The van der Waals surface area contributed by atoms with Crippen molar-refractivity contribution in [2.45, 2.75) is 52.4 Å². The van der Waals surface area contributed by atoms with Crippen molar-refractivity contribution in [2.75, 3.05) is 6.54 Å². The molecule has 4 heteroatoms. The highest BCUT2D eigenvalue weighted by Crippen LogP contribution is 2.23. The second-order valence-corrected chi connectivity index (χ2v) is 5.83. The zero-order valence-corrected chi connectivity index (χ0v) is 12.4. The van der Waals surface area contributed by atoms with Crippen molar-refractivity contribution in [3.63, 3.8) is 0 Å². The Morgan fingerprint density at radius 3 is 3.00 bits per heavy atom. The molecular weight excluding hydrogens is 252 g/mol. The minimum absolute atomic E-state index is 0.247. The standard InChI is InChI=1S/C16H24N2O2/c1-3-4-5-8-17-15(19)13-10-12-9-11(2)6-7-14(12)18-16(13)20/h10-11H,3-9H2,1-2H3,(H,17,19)(H,18,20). The molecule has 1 amide bonds. The van der Waals surface area contributed by atoms with Gasteiger partial charge < -0.3 is 10.3 Å². The number of carbonyl (C=O) groups is 1. The zero-order chi connectivity index (χ0) is 14.5. The Labute approximate surface area is 120 Å². The lowest BCUT2D eigenvalue weighted by molar-refractivity contribution is 0.0951. The third-order valence-corrected chi connectivity index (χ3v) is 3.98. The number of amides is 1. The van der Waals surface area contributed by atoms with E-state index in [1.54, 1.807) is 6.07 Å². The molecule has 0 bridgehead atoms. The van der Waals surface area contributed by atoms with Crippen molar-refractivity contribution in [1.29, 1.82) is 0 Å². The lowest BCUT2D eigenvalue weighted by Crippen LogP contribution is -2.32. The number of aromatic amines is 1. The van der Waals surface area contributed by atoms with Gasteiger partial charge in [0.15, 0.2) is 0 Å². The SMILES string of the molecule is CCCCCNC(=O)c1cc2c([nH]c1=O)CCC(C)C2. The number of carbonyl (C=O) groups excluding carboxylic acids is 1. The number of nitrogens with one attached hydrogen (secondary N) is 2. The highest BCUT2D eigenvalue weighted by Gasteiger charge is 2.19. The minimum atomic E-state index is -0.258. The van der Waals surface area contributed by atoms with Gasteiger partial charge in [-0.2, -0.15) is 0 Å². The van der Waals surface area contributed by atoms with Crippen LogP contribution in [0.5, 0.6) is 0 Å². The average Bonchev–Trinajstić information content (AvgIpc) is 2.43. The summed E-state index contributed by atoms with van der Waals surface area (Å²) in [7, 11) is 0. The number of unbranched alkanes of at least 4 members (excludes halogenated alkanes) is 2. The molecule has 0 aromatic carbocycles. The predicted octanol–water partition coefficient (Wildman–Crippen LogP) is 2.42. The maximum atomic E-state index is 12.1. The van der Waals surface area contributed by atoms with Gasteiger partial charge in [-0.3, -0.25) is 9.59 Å². The van der Waals surface area contributed by atoms with Crippen molar-refractivity contribution < 1.29 is 4.79 Å². The van der Waals surface area contributed by atoms with Gasteiger partial charge in [-0.05, 0) is 43.2 Å². The second-order valence-electron chi connectivity index (χ2n) is 5.83. The Morgan fingerprint density at radius 2 is 2.25 bits per heavy atom. The Hall–Kier alpha value is -1.58. The summed E-state index contributed by atoms with van der Waals surface area (Å²) < 4.78 is 0. The fourth-order valence-electron chi connectivity index (χ4n) is 2.73. The summed E-state index contributed by atoms with van der Waals surface area (Å²) in [4.78, 5) is 26.9. The van der Waals surface area contributed by atoms with Gasteiger partial charge in [-0.15, -0.1) is 0 Å². The van der Waals surface area contributed by atoms with Crippen LogP contribution >= 0.6 is 0 Å². The minimum Gasteiger partial charge on any atom is -0.352 e. The summed E-state index contributed by atoms with van der Waals surface area (Å²) in [5.41, 5.74) is 2.14. The van der Waals surface area contributed by atoms with Gasteiger partial charge in [0.1, 0.15) is 5.56 Å². The van der Waals surface area contributed by atoms with E-state index < -0.39 is 0 Å². The van der Waals surface area contributed by atoms with Crippen LogP contribution in [0.4, 0.5) is 0 Å². The van der Waals surface area contributed by atoms with E-state index in [-0.39, 0.29) is 17.0 Å². The van der Waals surface area contributed by atoms with Gasteiger partial charge in [-0.1, -0.05) is 26.7 Å². The zero-order valence-electron chi connectivity index (χ0n) is 12.4. The quantitative estimate of drug-likeness (QED) is 0.811. The molecule has 2 N–H and O–H groups in total. The first-order chi connectivity index (χ1) is 9.61. The summed E-state index contributed by atoms with van der Waals surface area (Å²) in [5.74, 6) is 0.372. The number of pyridine rings is 1. The molecule has 0 saturated carbocycles. The maximum absolute atomic E-state index is 12.1. The highest BCUT2D eigenvalue weighted by molar-refractivity contribution is 5.94. The Kier molecular flexibility index (Phi) is 4.99. The molecule has 0 spiro atoms. The number of rotatable bonds is 5. The smallest absolute Gasteiger partial charge is 0.261 e. The average molecular weight is 276 g/mol. The Bertz CT molecular complexity index is 534. The Morgan fingerprint density at radius 1 is 1.45 bits per heavy atom. The van der Waals surface area contributed by atoms with E-state index in [1.165, 1.54) is 0 Å². The van der Waals surface area contributed by atoms with E-state index in [9.17, 15) is 9.59 Å². The largest absolute Gasteiger partial charge is 0.352 e. The van der Waals surface area contributed by atoms with E-state index in [0.717, 1.165) is 49.8 Å². The third kappa shape index (κ3) is 3.50. The monoisotopic (exact) mass is 276 g/mol. The summed E-state index contributed by atoms with van der Waals surface area (Å²) >= 11 is 0. The molecular formula is C16H24N2O2.